The Morgan fingerprint density at radius 1 is 1.20 bits per heavy atom. The van der Waals surface area contributed by atoms with Gasteiger partial charge in [0.1, 0.15) is 16.9 Å². The zero-order valence-corrected chi connectivity index (χ0v) is 15.1. The van der Waals surface area contributed by atoms with Crippen LogP contribution in [0.4, 0.5) is 5.82 Å². The van der Waals surface area contributed by atoms with Gasteiger partial charge < -0.3 is 5.32 Å². The van der Waals surface area contributed by atoms with Gasteiger partial charge in [-0.15, -0.1) is 11.3 Å². The number of fused-ring (bicyclic) bond motifs is 3. The summed E-state index contributed by atoms with van der Waals surface area (Å²) in [7, 11) is 0. The van der Waals surface area contributed by atoms with Crippen molar-refractivity contribution < 1.29 is 0 Å². The van der Waals surface area contributed by atoms with E-state index in [4.69, 9.17) is 0 Å². The number of imidazole rings is 1. The summed E-state index contributed by atoms with van der Waals surface area (Å²) in [6.07, 6.45) is 0. The van der Waals surface area contributed by atoms with E-state index in [2.05, 4.69) is 28.3 Å². The highest BCUT2D eigenvalue weighted by Crippen LogP contribution is 2.27. The third-order valence-corrected chi connectivity index (χ3v) is 5.45. The number of para-hydroxylation sites is 2. The highest BCUT2D eigenvalue weighted by Gasteiger charge is 2.15. The smallest absolute Gasteiger partial charge is 0.157 e. The molecule has 0 saturated heterocycles. The molecular weight excluding hydrogens is 330 g/mol. The standard InChI is InChI=1S/C19H17N5S/c1-11-8-17(21-10-18-22-12(2)13(3)25-18)24-16-7-5-4-6-15(16)23-19(24)14(11)9-20/h4-8,21H,10H2,1-3H3. The number of hydrogen-bond donors (Lipinski definition) is 1. The predicted octanol–water partition coefficient (Wildman–Crippen LogP) is 4.35. The van der Waals surface area contributed by atoms with Gasteiger partial charge in [0.05, 0.1) is 28.8 Å². The van der Waals surface area contributed by atoms with Gasteiger partial charge in [0.25, 0.3) is 0 Å². The molecule has 4 aromatic rings. The molecule has 0 radical (unpaired) electrons. The van der Waals surface area contributed by atoms with E-state index in [9.17, 15) is 5.26 Å². The minimum atomic E-state index is 0.614. The zero-order valence-electron chi connectivity index (χ0n) is 14.3. The van der Waals surface area contributed by atoms with Crippen molar-refractivity contribution in [3.05, 3.63) is 57.0 Å². The van der Waals surface area contributed by atoms with Gasteiger partial charge in [-0.05, 0) is 44.5 Å². The molecule has 0 atom stereocenters. The lowest BCUT2D eigenvalue weighted by Gasteiger charge is -2.11. The Hall–Kier alpha value is -2.91. The average Bonchev–Trinajstić information content (AvgIpc) is 3.13. The van der Waals surface area contributed by atoms with Crippen molar-refractivity contribution in [1.82, 2.24) is 14.4 Å². The number of thiazole rings is 1. The van der Waals surface area contributed by atoms with Crippen LogP contribution in [0.1, 0.15) is 26.7 Å². The molecule has 6 heteroatoms. The van der Waals surface area contributed by atoms with E-state index in [0.717, 1.165) is 33.1 Å². The lowest BCUT2D eigenvalue weighted by Crippen LogP contribution is -2.06. The van der Waals surface area contributed by atoms with Gasteiger partial charge in [0, 0.05) is 4.88 Å². The van der Waals surface area contributed by atoms with Crippen molar-refractivity contribution in [1.29, 1.82) is 5.26 Å². The van der Waals surface area contributed by atoms with Crippen LogP contribution in [0.3, 0.4) is 0 Å². The van der Waals surface area contributed by atoms with E-state index in [1.807, 2.05) is 48.6 Å². The van der Waals surface area contributed by atoms with Crippen LogP contribution in [0, 0.1) is 32.1 Å². The minimum absolute atomic E-state index is 0.614. The van der Waals surface area contributed by atoms with E-state index in [0.29, 0.717) is 17.8 Å². The quantitative estimate of drug-likeness (QED) is 0.598. The van der Waals surface area contributed by atoms with Gasteiger partial charge in [-0.2, -0.15) is 5.26 Å². The second kappa shape index (κ2) is 5.87. The highest BCUT2D eigenvalue weighted by molar-refractivity contribution is 7.11. The Balaban J connectivity index is 1.86. The van der Waals surface area contributed by atoms with E-state index < -0.39 is 0 Å². The van der Waals surface area contributed by atoms with Crippen molar-refractivity contribution in [2.45, 2.75) is 27.3 Å². The molecule has 0 bridgehead atoms. The first-order valence-corrected chi connectivity index (χ1v) is 8.88. The number of pyridine rings is 1. The maximum atomic E-state index is 9.54. The maximum Gasteiger partial charge on any atom is 0.157 e. The molecule has 3 aromatic heterocycles. The Morgan fingerprint density at radius 3 is 2.72 bits per heavy atom. The normalized spacial score (nSPS) is 11.1. The number of hydrogen-bond acceptors (Lipinski definition) is 5. The number of aromatic nitrogens is 3. The summed E-state index contributed by atoms with van der Waals surface area (Å²) in [6.45, 7) is 6.71. The van der Waals surface area contributed by atoms with E-state index in [-0.39, 0.29) is 0 Å². The molecular formula is C19H17N5S. The van der Waals surface area contributed by atoms with Crippen molar-refractivity contribution in [2.24, 2.45) is 0 Å². The number of anilines is 1. The van der Waals surface area contributed by atoms with Crippen LogP contribution in [0.5, 0.6) is 0 Å². The fourth-order valence-electron chi connectivity index (χ4n) is 3.00. The molecule has 124 valence electrons. The molecule has 1 N–H and O–H groups in total. The van der Waals surface area contributed by atoms with Crippen LogP contribution in [-0.2, 0) is 6.54 Å². The Kier molecular flexibility index (Phi) is 3.66. The van der Waals surface area contributed by atoms with E-state index >= 15 is 0 Å². The fourth-order valence-corrected chi connectivity index (χ4v) is 3.88. The summed E-state index contributed by atoms with van der Waals surface area (Å²) in [6, 6.07) is 12.2. The van der Waals surface area contributed by atoms with Gasteiger partial charge >= 0.3 is 0 Å². The molecule has 0 fully saturated rings. The number of nitrogens with zero attached hydrogens (tertiary/aromatic N) is 4. The second-order valence-electron chi connectivity index (χ2n) is 6.06. The van der Waals surface area contributed by atoms with Crippen molar-refractivity contribution in [2.75, 3.05) is 5.32 Å². The molecule has 1 aromatic carbocycles. The largest absolute Gasteiger partial charge is 0.365 e. The highest BCUT2D eigenvalue weighted by atomic mass is 32.1. The number of nitriles is 1. The Labute approximate surface area is 149 Å². The van der Waals surface area contributed by atoms with Gasteiger partial charge in [-0.1, -0.05) is 12.1 Å². The first-order valence-electron chi connectivity index (χ1n) is 8.06. The van der Waals surface area contributed by atoms with Gasteiger partial charge in [0.15, 0.2) is 5.65 Å². The molecule has 4 rings (SSSR count). The zero-order chi connectivity index (χ0) is 17.6. The first-order chi connectivity index (χ1) is 12.1. The topological polar surface area (TPSA) is 66.0 Å². The molecule has 0 aliphatic carbocycles. The lowest BCUT2D eigenvalue weighted by atomic mass is 10.1. The van der Waals surface area contributed by atoms with E-state index in [1.165, 1.54) is 4.88 Å². The predicted molar refractivity (Wildman–Crippen MR) is 101 cm³/mol. The third kappa shape index (κ3) is 2.53. The van der Waals surface area contributed by atoms with Crippen LogP contribution < -0.4 is 5.32 Å². The van der Waals surface area contributed by atoms with Crippen LogP contribution in [0.15, 0.2) is 30.3 Å². The number of rotatable bonds is 3. The van der Waals surface area contributed by atoms with Gasteiger partial charge in [0.2, 0.25) is 0 Å². The molecule has 0 spiro atoms. The van der Waals surface area contributed by atoms with Crippen LogP contribution in [-0.4, -0.2) is 14.4 Å². The van der Waals surface area contributed by atoms with E-state index in [1.54, 1.807) is 11.3 Å². The molecule has 3 heterocycles. The number of benzene rings is 1. The molecule has 0 aliphatic rings. The summed E-state index contributed by atoms with van der Waals surface area (Å²) in [5, 5.41) is 14.1. The summed E-state index contributed by atoms with van der Waals surface area (Å²) >= 11 is 1.71. The van der Waals surface area contributed by atoms with Gasteiger partial charge in [-0.25, -0.2) is 9.97 Å². The van der Waals surface area contributed by atoms with Crippen LogP contribution >= 0.6 is 11.3 Å². The molecule has 0 aliphatic heterocycles. The lowest BCUT2D eigenvalue weighted by molar-refractivity contribution is 1.04. The first kappa shape index (κ1) is 15.6. The average molecular weight is 347 g/mol. The van der Waals surface area contributed by atoms with Crippen molar-refractivity contribution in [3.63, 3.8) is 0 Å². The summed E-state index contributed by atoms with van der Waals surface area (Å²) in [5.74, 6) is 0.922. The SMILES string of the molecule is Cc1cc(NCc2nc(C)c(C)s2)n2c(nc3ccccc32)c1C#N. The molecule has 5 nitrogen and oxygen atoms in total. The van der Waals surface area contributed by atoms with Crippen LogP contribution in [0.25, 0.3) is 16.7 Å². The molecule has 0 amide bonds. The summed E-state index contributed by atoms with van der Waals surface area (Å²) in [4.78, 5) is 10.5. The fraction of sp³-hybridized carbons (Fsp3) is 0.211. The van der Waals surface area contributed by atoms with Crippen molar-refractivity contribution in [3.8, 4) is 6.07 Å². The Bertz CT molecular complexity index is 1130. The monoisotopic (exact) mass is 347 g/mol. The molecule has 25 heavy (non-hydrogen) atoms. The van der Waals surface area contributed by atoms with Crippen molar-refractivity contribution >= 4 is 33.8 Å². The number of aryl methyl sites for hydroxylation is 3. The number of nitrogens with one attached hydrogen (secondary N) is 1. The minimum Gasteiger partial charge on any atom is -0.365 e. The molecule has 0 saturated carbocycles. The maximum absolute atomic E-state index is 9.54. The Morgan fingerprint density at radius 2 is 2.00 bits per heavy atom. The second-order valence-corrected chi connectivity index (χ2v) is 7.35. The summed E-state index contributed by atoms with van der Waals surface area (Å²) < 4.78 is 2.02. The van der Waals surface area contributed by atoms with Gasteiger partial charge in [-0.3, -0.25) is 4.40 Å². The summed E-state index contributed by atoms with van der Waals surface area (Å²) in [5.41, 5.74) is 5.17. The molecule has 0 unspecified atom stereocenters. The van der Waals surface area contributed by atoms with Crippen LogP contribution in [0.2, 0.25) is 0 Å². The third-order valence-electron chi connectivity index (χ3n) is 4.38.